The summed E-state index contributed by atoms with van der Waals surface area (Å²) >= 11 is 1.93. The summed E-state index contributed by atoms with van der Waals surface area (Å²) in [5.41, 5.74) is 10.4. The number of hydrogen-bond donors (Lipinski definition) is 1. The van der Waals surface area contributed by atoms with Gasteiger partial charge in [-0.25, -0.2) is 4.99 Å². The number of nitrogens with zero attached hydrogens (tertiary/aromatic N) is 3. The quantitative estimate of drug-likeness (QED) is 0.872. The summed E-state index contributed by atoms with van der Waals surface area (Å²) in [6, 6.07) is 0. The first kappa shape index (κ1) is 18.8. The topological polar surface area (TPSA) is 63.7 Å². The van der Waals surface area contributed by atoms with Gasteiger partial charge in [0.25, 0.3) is 0 Å². The number of thioether (sulfide) groups is 1. The molecule has 140 valence electrons. The molecule has 5 nitrogen and oxygen atoms in total. The number of nitrogens with two attached hydrogens (primary N) is 1. The van der Waals surface area contributed by atoms with Crippen molar-refractivity contribution >= 4 is 17.6 Å². The maximum atomic E-state index is 5.86. The molecule has 1 unspecified atom stereocenters. The molecular weight excluding hydrogens is 344 g/mol. The van der Waals surface area contributed by atoms with E-state index in [1.807, 2.05) is 24.9 Å². The van der Waals surface area contributed by atoms with Crippen molar-refractivity contribution in [3.05, 3.63) is 45.9 Å². The van der Waals surface area contributed by atoms with Crippen LogP contribution in [0.2, 0.25) is 0 Å². The van der Waals surface area contributed by atoms with Crippen LogP contribution in [0.1, 0.15) is 36.6 Å². The van der Waals surface area contributed by atoms with Gasteiger partial charge in [0.1, 0.15) is 17.4 Å². The van der Waals surface area contributed by atoms with Gasteiger partial charge in [-0.05, 0) is 44.3 Å². The van der Waals surface area contributed by atoms with Crippen molar-refractivity contribution in [2.75, 3.05) is 19.4 Å². The fourth-order valence-corrected chi connectivity index (χ4v) is 4.96. The monoisotopic (exact) mass is 372 g/mol. The van der Waals surface area contributed by atoms with Crippen LogP contribution in [-0.4, -0.2) is 35.1 Å². The van der Waals surface area contributed by atoms with E-state index in [-0.39, 0.29) is 0 Å². The van der Waals surface area contributed by atoms with Crippen molar-refractivity contribution in [3.63, 3.8) is 0 Å². The van der Waals surface area contributed by atoms with Crippen molar-refractivity contribution in [1.82, 2.24) is 9.88 Å². The molecule has 26 heavy (non-hydrogen) atoms. The molecule has 0 aromatic carbocycles. The average molecular weight is 373 g/mol. The van der Waals surface area contributed by atoms with E-state index in [2.05, 4.69) is 35.3 Å². The highest BCUT2D eigenvalue weighted by molar-refractivity contribution is 8.03. The molecule has 1 saturated heterocycles. The number of methoxy groups -OCH3 is 1. The number of hydrogen-bond acceptors (Lipinski definition) is 5. The lowest BCUT2D eigenvalue weighted by Crippen LogP contribution is -2.27. The number of aromatic nitrogens is 1. The van der Waals surface area contributed by atoms with Gasteiger partial charge in [-0.1, -0.05) is 6.58 Å². The standard InChI is InChI=1S/C20H28N4OS/c1-12-9-22-17(13(2)19(12)25-5)11-24-10-16-7-6-8-26-14(3)18(16)20(24)23-15(4)21/h9,16H,4,6-8,10-11,21H2,1-3,5H3/b23-20+. The summed E-state index contributed by atoms with van der Waals surface area (Å²) < 4.78 is 5.56. The highest BCUT2D eigenvalue weighted by Gasteiger charge is 2.36. The molecule has 1 aromatic rings. The molecule has 1 fully saturated rings. The number of allylic oxidation sites excluding steroid dienone is 1. The Bertz CT molecular complexity index is 784. The van der Waals surface area contributed by atoms with Gasteiger partial charge in [-0.3, -0.25) is 4.98 Å². The van der Waals surface area contributed by atoms with Gasteiger partial charge in [0.2, 0.25) is 0 Å². The number of likely N-dealkylation sites (tertiary alicyclic amines) is 1. The molecule has 3 rings (SSSR count). The van der Waals surface area contributed by atoms with E-state index in [9.17, 15) is 0 Å². The summed E-state index contributed by atoms with van der Waals surface area (Å²) in [7, 11) is 1.71. The normalized spacial score (nSPS) is 21.8. The predicted octanol–water partition coefficient (Wildman–Crippen LogP) is 3.77. The largest absolute Gasteiger partial charge is 0.496 e. The van der Waals surface area contributed by atoms with Crippen LogP contribution < -0.4 is 10.5 Å². The fraction of sp³-hybridized carbons (Fsp3) is 0.500. The molecule has 1 aromatic heterocycles. The minimum Gasteiger partial charge on any atom is -0.496 e. The Morgan fingerprint density at radius 1 is 1.46 bits per heavy atom. The second kappa shape index (κ2) is 7.74. The van der Waals surface area contributed by atoms with Gasteiger partial charge in [-0.15, -0.1) is 11.8 Å². The lowest BCUT2D eigenvalue weighted by atomic mass is 9.97. The van der Waals surface area contributed by atoms with Gasteiger partial charge in [0.05, 0.1) is 19.3 Å². The van der Waals surface area contributed by atoms with Crippen LogP contribution in [0.25, 0.3) is 0 Å². The molecule has 0 aliphatic carbocycles. The molecule has 1 atom stereocenters. The molecule has 0 saturated carbocycles. The highest BCUT2D eigenvalue weighted by Crippen LogP contribution is 2.39. The fourth-order valence-electron chi connectivity index (χ4n) is 3.93. The number of amidine groups is 1. The van der Waals surface area contributed by atoms with Crippen LogP contribution >= 0.6 is 11.8 Å². The number of ether oxygens (including phenoxy) is 1. The maximum absolute atomic E-state index is 5.86. The van der Waals surface area contributed by atoms with Crippen LogP contribution in [0.4, 0.5) is 0 Å². The van der Waals surface area contributed by atoms with Crippen LogP contribution in [0, 0.1) is 19.8 Å². The minimum atomic E-state index is 0.353. The smallest absolute Gasteiger partial charge is 0.135 e. The van der Waals surface area contributed by atoms with Crippen LogP contribution in [-0.2, 0) is 6.54 Å². The summed E-state index contributed by atoms with van der Waals surface area (Å²) in [6.45, 7) is 11.8. The Hall–Kier alpha value is -1.95. The first-order valence-corrected chi connectivity index (χ1v) is 10.0. The number of aliphatic imine (C=N–C) groups is 1. The van der Waals surface area contributed by atoms with Gasteiger partial charge in [-0.2, -0.15) is 0 Å². The van der Waals surface area contributed by atoms with Crippen molar-refractivity contribution in [2.24, 2.45) is 16.6 Å². The number of pyridine rings is 1. The zero-order valence-electron chi connectivity index (χ0n) is 16.1. The highest BCUT2D eigenvalue weighted by atomic mass is 32.2. The van der Waals surface area contributed by atoms with Crippen LogP contribution in [0.3, 0.4) is 0 Å². The SMILES string of the molecule is C=C(N)/N=C1\C2=C(C)SCCCC2CN1Cc1ncc(C)c(OC)c1C. The zero-order valence-corrected chi connectivity index (χ0v) is 16.9. The van der Waals surface area contributed by atoms with Crippen molar-refractivity contribution in [2.45, 2.75) is 40.2 Å². The molecule has 0 bridgehead atoms. The van der Waals surface area contributed by atoms with E-state index in [1.165, 1.54) is 29.1 Å². The van der Waals surface area contributed by atoms with E-state index >= 15 is 0 Å². The van der Waals surface area contributed by atoms with Gasteiger partial charge in [0, 0.05) is 35.4 Å². The Morgan fingerprint density at radius 3 is 2.92 bits per heavy atom. The van der Waals surface area contributed by atoms with Crippen molar-refractivity contribution in [3.8, 4) is 5.75 Å². The Balaban J connectivity index is 1.98. The molecular formula is C20H28N4OS. The van der Waals surface area contributed by atoms with E-state index in [1.54, 1.807) is 7.11 Å². The third-order valence-corrected chi connectivity index (χ3v) is 6.27. The number of rotatable bonds is 4. The minimum absolute atomic E-state index is 0.353. The second-order valence-electron chi connectivity index (χ2n) is 7.01. The Kier molecular flexibility index (Phi) is 5.61. The van der Waals surface area contributed by atoms with Crippen LogP contribution in [0.15, 0.2) is 34.1 Å². The Morgan fingerprint density at radius 2 is 2.23 bits per heavy atom. The molecule has 0 amide bonds. The Labute approximate surface area is 160 Å². The van der Waals surface area contributed by atoms with E-state index < -0.39 is 0 Å². The second-order valence-corrected chi connectivity index (χ2v) is 8.32. The molecule has 2 aliphatic heterocycles. The summed E-state index contributed by atoms with van der Waals surface area (Å²) in [5, 5.41) is 0. The van der Waals surface area contributed by atoms with Crippen molar-refractivity contribution < 1.29 is 4.74 Å². The maximum Gasteiger partial charge on any atom is 0.135 e. The lowest BCUT2D eigenvalue weighted by molar-refractivity contribution is 0.379. The molecule has 2 N–H and O–H groups in total. The van der Waals surface area contributed by atoms with E-state index in [0.717, 1.165) is 35.0 Å². The van der Waals surface area contributed by atoms with Crippen LogP contribution in [0.5, 0.6) is 5.75 Å². The molecule has 3 heterocycles. The third kappa shape index (κ3) is 3.61. The number of aryl methyl sites for hydroxylation is 1. The summed E-state index contributed by atoms with van der Waals surface area (Å²) in [4.78, 5) is 12.9. The van der Waals surface area contributed by atoms with E-state index in [4.69, 9.17) is 10.5 Å². The predicted molar refractivity (Wildman–Crippen MR) is 109 cm³/mol. The van der Waals surface area contributed by atoms with Gasteiger partial charge in [0.15, 0.2) is 0 Å². The van der Waals surface area contributed by atoms with E-state index in [0.29, 0.717) is 18.3 Å². The van der Waals surface area contributed by atoms with Gasteiger partial charge >= 0.3 is 0 Å². The zero-order chi connectivity index (χ0) is 18.8. The number of fused-ring (bicyclic) bond motifs is 1. The summed E-state index contributed by atoms with van der Waals surface area (Å²) in [5.74, 6) is 3.92. The first-order chi connectivity index (χ1) is 12.4. The lowest BCUT2D eigenvalue weighted by Gasteiger charge is -2.21. The molecule has 0 spiro atoms. The average Bonchev–Trinajstić information content (AvgIpc) is 2.80. The third-order valence-electron chi connectivity index (χ3n) is 5.12. The summed E-state index contributed by atoms with van der Waals surface area (Å²) in [6.07, 6.45) is 4.31. The van der Waals surface area contributed by atoms with Crippen molar-refractivity contribution in [1.29, 1.82) is 0 Å². The molecule has 0 radical (unpaired) electrons. The van der Waals surface area contributed by atoms with Gasteiger partial charge < -0.3 is 15.4 Å². The molecule has 2 aliphatic rings. The first-order valence-electron chi connectivity index (χ1n) is 9.03. The molecule has 6 heteroatoms.